The van der Waals surface area contributed by atoms with Gasteiger partial charge in [-0.2, -0.15) is 0 Å². The molecule has 0 saturated heterocycles. The molecule has 4 heteroatoms. The summed E-state index contributed by atoms with van der Waals surface area (Å²) in [5, 5.41) is 0. The van der Waals surface area contributed by atoms with Gasteiger partial charge in [0.25, 0.3) is 0 Å². The molecule has 0 fully saturated rings. The molecule has 0 spiro atoms. The number of halogens is 2. The third kappa shape index (κ3) is 5.03. The molecule has 0 aliphatic heterocycles. The van der Waals surface area contributed by atoms with Crippen LogP contribution in [0.2, 0.25) is 0 Å². The van der Waals surface area contributed by atoms with E-state index in [1.807, 2.05) is 12.1 Å². The Labute approximate surface area is 144 Å². The normalized spacial score (nSPS) is 11.0. The van der Waals surface area contributed by atoms with Gasteiger partial charge in [-0.1, -0.05) is 47.1 Å². The molecule has 0 N–H and O–H groups in total. The fourth-order valence-electron chi connectivity index (χ4n) is 2.16. The van der Waals surface area contributed by atoms with Crippen LogP contribution >= 0.6 is 15.9 Å². The highest BCUT2D eigenvalue weighted by Crippen LogP contribution is 2.17. The van der Waals surface area contributed by atoms with Gasteiger partial charge in [0.15, 0.2) is 0 Å². The molecule has 2 aromatic rings. The number of aryl methyl sites for hydroxylation is 1. The first-order chi connectivity index (χ1) is 11.0. The van der Waals surface area contributed by atoms with Crippen LogP contribution in [0.4, 0.5) is 4.39 Å². The van der Waals surface area contributed by atoms with Gasteiger partial charge in [0.2, 0.25) is 5.91 Å². The smallest absolute Gasteiger partial charge is 0.246 e. The van der Waals surface area contributed by atoms with Crippen molar-refractivity contribution in [3.8, 4) is 0 Å². The van der Waals surface area contributed by atoms with E-state index in [0.29, 0.717) is 12.1 Å². The summed E-state index contributed by atoms with van der Waals surface area (Å²) in [6.45, 7) is 2.63. The highest BCUT2D eigenvalue weighted by atomic mass is 79.9. The van der Waals surface area contributed by atoms with Gasteiger partial charge in [-0.3, -0.25) is 4.79 Å². The van der Waals surface area contributed by atoms with E-state index in [1.54, 1.807) is 24.1 Å². The third-order valence-electron chi connectivity index (χ3n) is 3.59. The lowest BCUT2D eigenvalue weighted by molar-refractivity contribution is -0.125. The van der Waals surface area contributed by atoms with E-state index in [1.165, 1.54) is 23.8 Å². The SMILES string of the molecule is CCc1ccc(CN(C)C(=O)/C=C/c2cc(Br)ccc2F)cc1. The molecule has 0 heterocycles. The molecular formula is C19H19BrFNO. The fraction of sp³-hybridized carbons (Fsp3) is 0.211. The summed E-state index contributed by atoms with van der Waals surface area (Å²) >= 11 is 3.29. The number of hydrogen-bond acceptors (Lipinski definition) is 1. The van der Waals surface area contributed by atoms with Gasteiger partial charge in [-0.15, -0.1) is 0 Å². The number of rotatable bonds is 5. The van der Waals surface area contributed by atoms with Gasteiger partial charge in [0.1, 0.15) is 5.82 Å². The van der Waals surface area contributed by atoms with Gasteiger partial charge in [-0.25, -0.2) is 4.39 Å². The first kappa shape index (κ1) is 17.4. The Morgan fingerprint density at radius 1 is 1.17 bits per heavy atom. The predicted octanol–water partition coefficient (Wildman–Crippen LogP) is 4.82. The molecule has 120 valence electrons. The second kappa shape index (κ2) is 8.06. The highest BCUT2D eigenvalue weighted by Gasteiger charge is 2.07. The lowest BCUT2D eigenvalue weighted by Crippen LogP contribution is -2.24. The summed E-state index contributed by atoms with van der Waals surface area (Å²) in [4.78, 5) is 13.7. The molecule has 2 aromatic carbocycles. The second-order valence-corrected chi connectivity index (χ2v) is 6.28. The molecule has 0 aliphatic carbocycles. The molecule has 0 aromatic heterocycles. The number of carbonyl (C=O) groups is 1. The maximum atomic E-state index is 13.6. The quantitative estimate of drug-likeness (QED) is 0.685. The lowest BCUT2D eigenvalue weighted by atomic mass is 10.1. The van der Waals surface area contributed by atoms with E-state index in [0.717, 1.165) is 16.5 Å². The molecule has 0 aliphatic rings. The average Bonchev–Trinajstić information content (AvgIpc) is 2.56. The van der Waals surface area contributed by atoms with Crippen LogP contribution in [0.3, 0.4) is 0 Å². The Bertz CT molecular complexity index is 710. The van der Waals surface area contributed by atoms with Crippen molar-refractivity contribution in [2.75, 3.05) is 7.05 Å². The Hall–Kier alpha value is -1.94. The minimum Gasteiger partial charge on any atom is -0.338 e. The van der Waals surface area contributed by atoms with E-state index in [9.17, 15) is 9.18 Å². The molecule has 0 bridgehead atoms. The largest absolute Gasteiger partial charge is 0.338 e. The molecule has 0 radical (unpaired) electrons. The number of likely N-dealkylation sites (N-methyl/N-ethyl adjacent to an activating group) is 1. The first-order valence-corrected chi connectivity index (χ1v) is 8.25. The van der Waals surface area contributed by atoms with Crippen molar-refractivity contribution in [1.82, 2.24) is 4.90 Å². The van der Waals surface area contributed by atoms with Crippen LogP contribution < -0.4 is 0 Å². The summed E-state index contributed by atoms with van der Waals surface area (Å²) in [6, 6.07) is 12.8. The van der Waals surface area contributed by atoms with Crippen molar-refractivity contribution in [3.63, 3.8) is 0 Å². The molecule has 0 unspecified atom stereocenters. The third-order valence-corrected chi connectivity index (χ3v) is 4.08. The van der Waals surface area contributed by atoms with Crippen molar-refractivity contribution in [2.45, 2.75) is 19.9 Å². The zero-order chi connectivity index (χ0) is 16.8. The average molecular weight is 376 g/mol. The van der Waals surface area contributed by atoms with Crippen LogP contribution in [0, 0.1) is 5.82 Å². The van der Waals surface area contributed by atoms with Crippen molar-refractivity contribution in [2.24, 2.45) is 0 Å². The zero-order valence-corrected chi connectivity index (χ0v) is 14.8. The topological polar surface area (TPSA) is 20.3 Å². The Kier molecular flexibility index (Phi) is 6.11. The van der Waals surface area contributed by atoms with Gasteiger partial charge in [0.05, 0.1) is 0 Å². The van der Waals surface area contributed by atoms with E-state index >= 15 is 0 Å². The van der Waals surface area contributed by atoms with E-state index in [-0.39, 0.29) is 11.7 Å². The predicted molar refractivity (Wildman–Crippen MR) is 95.4 cm³/mol. The maximum Gasteiger partial charge on any atom is 0.246 e. The Morgan fingerprint density at radius 3 is 2.48 bits per heavy atom. The van der Waals surface area contributed by atoms with Crippen LogP contribution in [-0.4, -0.2) is 17.9 Å². The number of hydrogen-bond donors (Lipinski definition) is 0. The van der Waals surface area contributed by atoms with Crippen molar-refractivity contribution in [1.29, 1.82) is 0 Å². The van der Waals surface area contributed by atoms with E-state index in [4.69, 9.17) is 0 Å². The zero-order valence-electron chi connectivity index (χ0n) is 13.2. The van der Waals surface area contributed by atoms with Gasteiger partial charge in [-0.05, 0) is 41.8 Å². The monoisotopic (exact) mass is 375 g/mol. The van der Waals surface area contributed by atoms with Gasteiger partial charge in [0, 0.05) is 29.7 Å². The molecule has 0 atom stereocenters. The Balaban J connectivity index is 2.01. The van der Waals surface area contributed by atoms with Crippen LogP contribution in [0.15, 0.2) is 53.0 Å². The van der Waals surface area contributed by atoms with Crippen molar-refractivity contribution in [3.05, 3.63) is 75.5 Å². The number of benzene rings is 2. The van der Waals surface area contributed by atoms with E-state index in [2.05, 4.69) is 35.0 Å². The van der Waals surface area contributed by atoms with Crippen molar-refractivity contribution >= 4 is 27.9 Å². The molecule has 2 nitrogen and oxygen atoms in total. The number of amides is 1. The molecule has 0 saturated carbocycles. The van der Waals surface area contributed by atoms with Crippen LogP contribution in [0.1, 0.15) is 23.6 Å². The van der Waals surface area contributed by atoms with Gasteiger partial charge < -0.3 is 4.90 Å². The Morgan fingerprint density at radius 2 is 1.83 bits per heavy atom. The maximum absolute atomic E-state index is 13.6. The summed E-state index contributed by atoms with van der Waals surface area (Å²) in [6.07, 6.45) is 3.89. The fourth-order valence-corrected chi connectivity index (χ4v) is 2.54. The summed E-state index contributed by atoms with van der Waals surface area (Å²) in [7, 11) is 1.73. The summed E-state index contributed by atoms with van der Waals surface area (Å²) in [5.74, 6) is -0.515. The molecule has 1 amide bonds. The summed E-state index contributed by atoms with van der Waals surface area (Å²) in [5.41, 5.74) is 2.72. The van der Waals surface area contributed by atoms with E-state index < -0.39 is 0 Å². The first-order valence-electron chi connectivity index (χ1n) is 7.45. The van der Waals surface area contributed by atoms with Crippen LogP contribution in [0.5, 0.6) is 0 Å². The van der Waals surface area contributed by atoms with Crippen molar-refractivity contribution < 1.29 is 9.18 Å². The van der Waals surface area contributed by atoms with Crippen LogP contribution in [0.25, 0.3) is 6.08 Å². The minimum atomic E-state index is -0.352. The summed E-state index contributed by atoms with van der Waals surface area (Å²) < 4.78 is 14.4. The highest BCUT2D eigenvalue weighted by molar-refractivity contribution is 9.10. The second-order valence-electron chi connectivity index (χ2n) is 5.36. The number of nitrogens with zero attached hydrogens (tertiary/aromatic N) is 1. The number of carbonyl (C=O) groups excluding carboxylic acids is 1. The lowest BCUT2D eigenvalue weighted by Gasteiger charge is -2.15. The minimum absolute atomic E-state index is 0.163. The standard InChI is InChI=1S/C19H19BrFNO/c1-3-14-4-6-15(7-5-14)13-22(2)19(23)11-8-16-12-17(20)9-10-18(16)21/h4-12H,3,13H2,1-2H3/b11-8+. The van der Waals surface area contributed by atoms with Crippen LogP contribution in [-0.2, 0) is 17.8 Å². The molecule has 2 rings (SSSR count). The molecular weight excluding hydrogens is 357 g/mol. The molecule has 23 heavy (non-hydrogen) atoms. The van der Waals surface area contributed by atoms with Gasteiger partial charge >= 0.3 is 0 Å².